The summed E-state index contributed by atoms with van der Waals surface area (Å²) in [5.74, 6) is 1.61. The molecule has 39 heavy (non-hydrogen) atoms. The fourth-order valence-corrected chi connectivity index (χ4v) is 4.77. The number of halogens is 2. The number of methoxy groups -OCH3 is 1. The number of aromatic amines is 1. The minimum absolute atomic E-state index is 0. The summed E-state index contributed by atoms with van der Waals surface area (Å²) in [5, 5.41) is 11.5. The van der Waals surface area contributed by atoms with Crippen molar-refractivity contribution in [3.63, 3.8) is 0 Å². The summed E-state index contributed by atoms with van der Waals surface area (Å²) in [6, 6.07) is 15.8. The topological polar surface area (TPSA) is 86.4 Å². The number of likely N-dealkylation sites (N-methyl/N-ethyl adjacent to an activating group) is 1. The van der Waals surface area contributed by atoms with Gasteiger partial charge in [0.1, 0.15) is 11.6 Å². The second-order valence-corrected chi connectivity index (χ2v) is 9.41. The molecule has 0 atom stereocenters. The first-order valence-corrected chi connectivity index (χ1v) is 12.3. The van der Waals surface area contributed by atoms with E-state index in [1.54, 1.807) is 7.11 Å². The number of nitrogens with one attached hydrogen (secondary N) is 2. The molecule has 0 saturated carbocycles. The van der Waals surface area contributed by atoms with Gasteiger partial charge in [-0.1, -0.05) is 12.1 Å². The van der Waals surface area contributed by atoms with Crippen LogP contribution in [-0.2, 0) is 4.79 Å². The Labute approximate surface area is 239 Å². The number of fused-ring (bicyclic) bond motifs is 2. The third kappa shape index (κ3) is 5.78. The lowest BCUT2D eigenvalue weighted by molar-refractivity contribution is -0.110. The number of anilines is 2. The molecule has 2 aliphatic rings. The van der Waals surface area contributed by atoms with Gasteiger partial charge in [-0.3, -0.25) is 9.89 Å². The van der Waals surface area contributed by atoms with Crippen LogP contribution in [0.15, 0.2) is 54.7 Å². The predicted molar refractivity (Wildman–Crippen MR) is 163 cm³/mol. The van der Waals surface area contributed by atoms with E-state index in [0.717, 1.165) is 71.0 Å². The molecule has 10 heteroatoms. The molecular weight excluding hydrogens is 535 g/mol. The molecular formula is C29H30Cl2N6O2. The van der Waals surface area contributed by atoms with Crippen molar-refractivity contribution in [1.29, 1.82) is 0 Å². The van der Waals surface area contributed by atoms with Crippen LogP contribution in [0.3, 0.4) is 0 Å². The van der Waals surface area contributed by atoms with Crippen molar-refractivity contribution in [2.24, 2.45) is 0 Å². The normalized spacial score (nSPS) is 16.2. The van der Waals surface area contributed by atoms with Crippen LogP contribution in [0.1, 0.15) is 22.4 Å². The van der Waals surface area contributed by atoms with E-state index in [1.165, 1.54) is 0 Å². The molecule has 1 fully saturated rings. The van der Waals surface area contributed by atoms with E-state index >= 15 is 0 Å². The van der Waals surface area contributed by atoms with Crippen molar-refractivity contribution in [2.75, 3.05) is 50.6 Å². The van der Waals surface area contributed by atoms with Gasteiger partial charge in [0.25, 0.3) is 5.91 Å². The Morgan fingerprint density at radius 1 is 0.949 bits per heavy atom. The number of hydrogen-bond donors (Lipinski definition) is 2. The Balaban J connectivity index is 0.00000176. The number of carbonyl (C=O) groups is 1. The maximum atomic E-state index is 12.6. The summed E-state index contributed by atoms with van der Waals surface area (Å²) in [6.07, 6.45) is 7.82. The van der Waals surface area contributed by atoms with Crippen molar-refractivity contribution >= 4 is 76.9 Å². The summed E-state index contributed by atoms with van der Waals surface area (Å²) in [6.45, 7) is 4.12. The van der Waals surface area contributed by atoms with Crippen LogP contribution in [0.25, 0.3) is 34.7 Å². The predicted octanol–water partition coefficient (Wildman–Crippen LogP) is 5.23. The number of pyridine rings is 1. The Hall–Kier alpha value is -3.85. The number of piperazine rings is 1. The highest BCUT2D eigenvalue weighted by Crippen LogP contribution is 2.36. The molecule has 1 amide bonds. The highest BCUT2D eigenvalue weighted by molar-refractivity contribution is 6.35. The molecule has 202 valence electrons. The number of benzene rings is 2. The molecule has 0 spiro atoms. The van der Waals surface area contributed by atoms with E-state index in [2.05, 4.69) is 49.5 Å². The minimum atomic E-state index is -0.121. The zero-order valence-electron chi connectivity index (χ0n) is 21.7. The van der Waals surface area contributed by atoms with Crippen LogP contribution in [0.5, 0.6) is 5.75 Å². The van der Waals surface area contributed by atoms with E-state index in [9.17, 15) is 4.79 Å². The van der Waals surface area contributed by atoms with Crippen molar-refractivity contribution in [3.8, 4) is 5.75 Å². The van der Waals surface area contributed by atoms with Crippen LogP contribution in [0.4, 0.5) is 11.5 Å². The second kappa shape index (κ2) is 11.9. The molecule has 2 aromatic carbocycles. The van der Waals surface area contributed by atoms with Crippen molar-refractivity contribution in [2.45, 2.75) is 0 Å². The summed E-state index contributed by atoms with van der Waals surface area (Å²) < 4.78 is 5.33. The van der Waals surface area contributed by atoms with Crippen LogP contribution in [0.2, 0.25) is 0 Å². The molecule has 8 nitrogen and oxygen atoms in total. The lowest BCUT2D eigenvalue weighted by Crippen LogP contribution is -2.44. The quantitative estimate of drug-likeness (QED) is 0.323. The van der Waals surface area contributed by atoms with Gasteiger partial charge in [0.05, 0.1) is 18.3 Å². The molecule has 0 radical (unpaired) electrons. The molecule has 6 rings (SSSR count). The molecule has 1 saturated heterocycles. The number of amides is 1. The zero-order valence-corrected chi connectivity index (χ0v) is 23.3. The second-order valence-electron chi connectivity index (χ2n) is 9.41. The summed E-state index contributed by atoms with van der Waals surface area (Å²) in [5.41, 5.74) is 5.93. The first-order chi connectivity index (χ1) is 18.1. The van der Waals surface area contributed by atoms with E-state index in [1.807, 2.05) is 60.8 Å². The number of ether oxygens (including phenoxy) is 1. The summed E-state index contributed by atoms with van der Waals surface area (Å²) in [7, 11) is 3.77. The Morgan fingerprint density at radius 2 is 1.74 bits per heavy atom. The zero-order chi connectivity index (χ0) is 25.4. The van der Waals surface area contributed by atoms with Crippen LogP contribution in [0, 0.1) is 0 Å². The molecule has 2 aromatic heterocycles. The van der Waals surface area contributed by atoms with Gasteiger partial charge in [-0.05, 0) is 72.8 Å². The number of H-pyrrole nitrogens is 1. The number of aromatic nitrogens is 3. The van der Waals surface area contributed by atoms with Gasteiger partial charge in [-0.15, -0.1) is 24.8 Å². The van der Waals surface area contributed by atoms with E-state index in [4.69, 9.17) is 4.74 Å². The Morgan fingerprint density at radius 3 is 2.49 bits per heavy atom. The fraction of sp³-hybridized carbons (Fsp3) is 0.207. The molecule has 0 bridgehead atoms. The van der Waals surface area contributed by atoms with Crippen molar-refractivity contribution in [1.82, 2.24) is 20.1 Å². The maximum absolute atomic E-state index is 12.6. The highest BCUT2D eigenvalue weighted by atomic mass is 35.5. The van der Waals surface area contributed by atoms with Crippen molar-refractivity contribution in [3.05, 3.63) is 77.1 Å². The van der Waals surface area contributed by atoms with Gasteiger partial charge in [0.15, 0.2) is 0 Å². The lowest BCUT2D eigenvalue weighted by atomic mass is 10.0. The average Bonchev–Trinajstić information content (AvgIpc) is 3.47. The smallest absolute Gasteiger partial charge is 0.256 e. The number of nitrogens with zero attached hydrogens (tertiary/aromatic N) is 4. The van der Waals surface area contributed by atoms with Gasteiger partial charge in [0, 0.05) is 54.6 Å². The number of hydrogen-bond acceptors (Lipinski definition) is 6. The van der Waals surface area contributed by atoms with Crippen LogP contribution >= 0.6 is 24.8 Å². The minimum Gasteiger partial charge on any atom is -0.497 e. The van der Waals surface area contributed by atoms with Crippen LogP contribution in [-0.4, -0.2) is 66.3 Å². The standard InChI is InChI=1S/C29H28N6O2.2ClH/c1-34-11-13-35(14-12-34)28-10-5-19(18-30-28)4-8-26-22-7-3-20(16-27(22)33-32-26)15-24-23-17-21(37-2)6-9-25(23)31-29(24)36;;/h3-10,15-18H,11-14H2,1-2H3,(H,31,36)(H,32,33);2*1H/b8-4+,24-15?;;. The molecule has 0 unspecified atom stereocenters. The van der Waals surface area contributed by atoms with Gasteiger partial charge in [0.2, 0.25) is 0 Å². The fourth-order valence-electron chi connectivity index (χ4n) is 4.77. The van der Waals surface area contributed by atoms with Gasteiger partial charge in [-0.25, -0.2) is 4.98 Å². The first-order valence-electron chi connectivity index (χ1n) is 12.3. The number of carbonyl (C=O) groups excluding carboxylic acids is 1. The van der Waals surface area contributed by atoms with E-state index in [-0.39, 0.29) is 30.7 Å². The highest BCUT2D eigenvalue weighted by Gasteiger charge is 2.24. The molecule has 0 aliphatic carbocycles. The van der Waals surface area contributed by atoms with E-state index in [0.29, 0.717) is 11.3 Å². The van der Waals surface area contributed by atoms with Gasteiger partial charge >= 0.3 is 0 Å². The maximum Gasteiger partial charge on any atom is 0.256 e. The largest absolute Gasteiger partial charge is 0.497 e. The summed E-state index contributed by atoms with van der Waals surface area (Å²) in [4.78, 5) is 21.9. The molecule has 2 N–H and O–H groups in total. The third-order valence-corrected chi connectivity index (χ3v) is 6.97. The van der Waals surface area contributed by atoms with Gasteiger partial charge in [-0.2, -0.15) is 5.10 Å². The van der Waals surface area contributed by atoms with Gasteiger partial charge < -0.3 is 19.9 Å². The molecule has 2 aliphatic heterocycles. The Kier molecular flexibility index (Phi) is 8.60. The third-order valence-electron chi connectivity index (χ3n) is 6.97. The molecule has 4 aromatic rings. The van der Waals surface area contributed by atoms with E-state index < -0.39 is 0 Å². The SMILES string of the molecule is COc1ccc2c(c1)C(=Cc1ccc3c(/C=C/c4ccc(N5CCN(C)CC5)nc4)n[nH]c3c1)C(=O)N2.Cl.Cl. The van der Waals surface area contributed by atoms with Crippen molar-refractivity contribution < 1.29 is 9.53 Å². The average molecular weight is 566 g/mol. The lowest BCUT2D eigenvalue weighted by Gasteiger charge is -2.33. The first kappa shape index (κ1) is 28.2. The van der Waals surface area contributed by atoms with Crippen LogP contribution < -0.4 is 15.0 Å². The summed E-state index contributed by atoms with van der Waals surface area (Å²) >= 11 is 0. The number of rotatable bonds is 5. The monoisotopic (exact) mass is 564 g/mol. The Bertz CT molecular complexity index is 1540. The molecule has 4 heterocycles.